The van der Waals surface area contributed by atoms with Gasteiger partial charge in [-0.1, -0.05) is 31.4 Å². The summed E-state index contributed by atoms with van der Waals surface area (Å²) in [5.41, 5.74) is 5.66. The molecule has 5 nitrogen and oxygen atoms in total. The Bertz CT molecular complexity index is 546. The topological polar surface area (TPSA) is 73.6 Å². The minimum atomic E-state index is -0.639. The van der Waals surface area contributed by atoms with Crippen molar-refractivity contribution in [2.75, 3.05) is 6.54 Å². The van der Waals surface area contributed by atoms with Gasteiger partial charge >= 0.3 is 0 Å². The highest BCUT2D eigenvalue weighted by atomic mass is 35.5. The molecule has 128 valence electrons. The lowest BCUT2D eigenvalue weighted by molar-refractivity contribution is -0.135. The van der Waals surface area contributed by atoms with Crippen LogP contribution in [0.1, 0.15) is 39.0 Å². The molecule has 1 heterocycles. The zero-order valence-electron chi connectivity index (χ0n) is 13.4. The van der Waals surface area contributed by atoms with Crippen LogP contribution < -0.4 is 20.5 Å². The fourth-order valence-electron chi connectivity index (χ4n) is 3.35. The van der Waals surface area contributed by atoms with Crippen LogP contribution in [0.15, 0.2) is 24.3 Å². The largest absolute Gasteiger partial charge is 0.482 e. The van der Waals surface area contributed by atoms with Crippen LogP contribution in [0.25, 0.3) is 0 Å². The molecule has 2 atom stereocenters. The molecule has 0 aromatic heterocycles. The summed E-state index contributed by atoms with van der Waals surface area (Å²) in [7, 11) is 0. The molecule has 3 rings (SSSR count). The van der Waals surface area contributed by atoms with Gasteiger partial charge in [0.2, 0.25) is 6.10 Å². The van der Waals surface area contributed by atoms with Crippen LogP contribution in [-0.4, -0.2) is 30.2 Å². The Morgan fingerprint density at radius 2 is 1.83 bits per heavy atom. The number of para-hydroxylation sites is 2. The Morgan fingerprint density at radius 3 is 2.43 bits per heavy atom. The van der Waals surface area contributed by atoms with Crippen molar-refractivity contribution in [1.82, 2.24) is 5.32 Å². The van der Waals surface area contributed by atoms with Gasteiger partial charge in [-0.15, -0.1) is 12.4 Å². The fraction of sp³-hybridized carbons (Fsp3) is 0.588. The number of amides is 1. The normalized spacial score (nSPS) is 25.1. The molecule has 1 aliphatic heterocycles. The van der Waals surface area contributed by atoms with E-state index in [1.165, 1.54) is 6.42 Å². The van der Waals surface area contributed by atoms with Gasteiger partial charge in [-0.2, -0.15) is 0 Å². The first-order valence-electron chi connectivity index (χ1n) is 8.08. The number of hydrogen-bond donors (Lipinski definition) is 2. The summed E-state index contributed by atoms with van der Waals surface area (Å²) in [6, 6.07) is 7.43. The lowest BCUT2D eigenvalue weighted by Crippen LogP contribution is -2.60. The second-order valence-electron chi connectivity index (χ2n) is 6.34. The van der Waals surface area contributed by atoms with Crippen molar-refractivity contribution in [2.24, 2.45) is 5.73 Å². The first kappa shape index (κ1) is 17.9. The molecular formula is C17H25ClN2O3. The first-order valence-corrected chi connectivity index (χ1v) is 8.08. The molecule has 0 radical (unpaired) electrons. The minimum Gasteiger partial charge on any atom is -0.482 e. The molecule has 1 aliphatic carbocycles. The van der Waals surface area contributed by atoms with Crippen LogP contribution in [0.4, 0.5) is 0 Å². The van der Waals surface area contributed by atoms with Gasteiger partial charge < -0.3 is 20.5 Å². The molecule has 23 heavy (non-hydrogen) atoms. The zero-order chi connectivity index (χ0) is 15.6. The highest BCUT2D eigenvalue weighted by molar-refractivity contribution is 5.85. The van der Waals surface area contributed by atoms with Crippen molar-refractivity contribution in [2.45, 2.75) is 56.8 Å². The molecule has 1 saturated carbocycles. The number of carbonyl (C=O) groups is 1. The first-order chi connectivity index (χ1) is 10.6. The number of hydrogen-bond acceptors (Lipinski definition) is 4. The molecule has 2 aliphatic rings. The van der Waals surface area contributed by atoms with Crippen LogP contribution in [0.2, 0.25) is 0 Å². The third-order valence-corrected chi connectivity index (χ3v) is 4.69. The van der Waals surface area contributed by atoms with Gasteiger partial charge in [0.1, 0.15) is 6.10 Å². The number of fused-ring (bicyclic) bond motifs is 1. The Morgan fingerprint density at radius 1 is 1.22 bits per heavy atom. The third-order valence-electron chi connectivity index (χ3n) is 4.69. The maximum atomic E-state index is 12.7. The zero-order valence-corrected chi connectivity index (χ0v) is 14.2. The number of ether oxygens (including phenoxy) is 2. The number of rotatable bonds is 3. The molecular weight excluding hydrogens is 316 g/mol. The summed E-state index contributed by atoms with van der Waals surface area (Å²) in [5.74, 6) is 1.17. The monoisotopic (exact) mass is 340 g/mol. The van der Waals surface area contributed by atoms with E-state index in [9.17, 15) is 4.79 Å². The fourth-order valence-corrected chi connectivity index (χ4v) is 3.35. The molecule has 1 fully saturated rings. The second kappa shape index (κ2) is 7.41. The molecule has 0 bridgehead atoms. The van der Waals surface area contributed by atoms with E-state index >= 15 is 0 Å². The summed E-state index contributed by atoms with van der Waals surface area (Å²) >= 11 is 0. The maximum absolute atomic E-state index is 12.7. The minimum absolute atomic E-state index is 0. The van der Waals surface area contributed by atoms with E-state index in [0.29, 0.717) is 18.0 Å². The molecule has 2 unspecified atom stereocenters. The standard InChI is InChI=1S/C17H24N2O3.ClH/c1-12-15(22-14-8-4-3-7-13(14)21-12)16(20)19-17(11-18)9-5-2-6-10-17;/h3-4,7-8,12,15H,2,5-6,9-11,18H2,1H3,(H,19,20);1H. The molecule has 1 aromatic rings. The predicted molar refractivity (Wildman–Crippen MR) is 91.2 cm³/mol. The SMILES string of the molecule is CC1Oc2ccccc2OC1C(=O)NC1(CN)CCCCC1.Cl. The van der Waals surface area contributed by atoms with Gasteiger partial charge in [0.05, 0.1) is 5.54 Å². The summed E-state index contributed by atoms with van der Waals surface area (Å²) in [6.07, 6.45) is 4.34. The lowest BCUT2D eigenvalue weighted by atomic mass is 9.81. The highest BCUT2D eigenvalue weighted by Crippen LogP contribution is 2.34. The van der Waals surface area contributed by atoms with Gasteiger partial charge in [0, 0.05) is 6.54 Å². The van der Waals surface area contributed by atoms with Crippen molar-refractivity contribution < 1.29 is 14.3 Å². The van der Waals surface area contributed by atoms with Crippen LogP contribution in [0.5, 0.6) is 11.5 Å². The van der Waals surface area contributed by atoms with Crippen molar-refractivity contribution in [3.8, 4) is 11.5 Å². The Balaban J connectivity index is 0.00000192. The molecule has 1 aromatic carbocycles. The van der Waals surface area contributed by atoms with Crippen molar-refractivity contribution in [1.29, 1.82) is 0 Å². The molecule has 1 amide bonds. The summed E-state index contributed by atoms with van der Waals surface area (Å²) in [6.45, 7) is 2.33. The summed E-state index contributed by atoms with van der Waals surface area (Å²) < 4.78 is 11.7. The van der Waals surface area contributed by atoms with Gasteiger partial charge in [-0.3, -0.25) is 4.79 Å². The quantitative estimate of drug-likeness (QED) is 0.886. The van der Waals surface area contributed by atoms with E-state index in [1.54, 1.807) is 0 Å². The predicted octanol–water partition coefficient (Wildman–Crippen LogP) is 2.41. The smallest absolute Gasteiger partial charge is 0.265 e. The number of benzene rings is 1. The van der Waals surface area contributed by atoms with E-state index in [-0.39, 0.29) is 30.0 Å². The Labute approximate surface area is 143 Å². The Kier molecular flexibility index (Phi) is 5.76. The second-order valence-corrected chi connectivity index (χ2v) is 6.34. The van der Waals surface area contributed by atoms with Gasteiger partial charge in [-0.05, 0) is 31.9 Å². The van der Waals surface area contributed by atoms with Crippen LogP contribution in [-0.2, 0) is 4.79 Å². The van der Waals surface area contributed by atoms with E-state index in [2.05, 4.69) is 5.32 Å². The highest BCUT2D eigenvalue weighted by Gasteiger charge is 2.39. The number of nitrogens with two attached hydrogens (primary N) is 1. The van der Waals surface area contributed by atoms with Crippen LogP contribution >= 0.6 is 12.4 Å². The Hall–Kier alpha value is -1.46. The molecule has 0 saturated heterocycles. The van der Waals surface area contributed by atoms with Gasteiger partial charge in [-0.25, -0.2) is 0 Å². The average molecular weight is 341 g/mol. The maximum Gasteiger partial charge on any atom is 0.265 e. The number of halogens is 1. The van der Waals surface area contributed by atoms with Crippen molar-refractivity contribution >= 4 is 18.3 Å². The van der Waals surface area contributed by atoms with E-state index in [4.69, 9.17) is 15.2 Å². The number of nitrogens with one attached hydrogen (secondary N) is 1. The van der Waals surface area contributed by atoms with Crippen molar-refractivity contribution in [3.05, 3.63) is 24.3 Å². The van der Waals surface area contributed by atoms with Gasteiger partial charge in [0.15, 0.2) is 11.5 Å². The summed E-state index contributed by atoms with van der Waals surface area (Å²) in [4.78, 5) is 12.7. The lowest BCUT2D eigenvalue weighted by Gasteiger charge is -2.39. The van der Waals surface area contributed by atoms with Crippen molar-refractivity contribution in [3.63, 3.8) is 0 Å². The van der Waals surface area contributed by atoms with E-state index in [0.717, 1.165) is 25.7 Å². The summed E-state index contributed by atoms with van der Waals surface area (Å²) in [5, 5.41) is 3.14. The molecule has 3 N–H and O–H groups in total. The number of carbonyl (C=O) groups excluding carboxylic acids is 1. The van der Waals surface area contributed by atoms with Crippen LogP contribution in [0, 0.1) is 0 Å². The average Bonchev–Trinajstić information content (AvgIpc) is 2.55. The molecule has 0 spiro atoms. The molecule has 6 heteroatoms. The van der Waals surface area contributed by atoms with E-state index < -0.39 is 6.10 Å². The van der Waals surface area contributed by atoms with Crippen LogP contribution in [0.3, 0.4) is 0 Å². The third kappa shape index (κ3) is 3.72. The van der Waals surface area contributed by atoms with E-state index in [1.807, 2.05) is 31.2 Å². The van der Waals surface area contributed by atoms with Gasteiger partial charge in [0.25, 0.3) is 5.91 Å².